The van der Waals surface area contributed by atoms with Crippen LogP contribution in [0.5, 0.6) is 0 Å². The minimum Gasteiger partial charge on any atom is -0.416 e. The molecule has 4 unspecified atom stereocenters. The highest BCUT2D eigenvalue weighted by Crippen LogP contribution is 2.52. The summed E-state index contributed by atoms with van der Waals surface area (Å²) in [5, 5.41) is 8.96. The molecular formula is C38H46N3O+. The normalized spacial score (nSPS) is 24.6. The van der Waals surface area contributed by atoms with Gasteiger partial charge in [-0.3, -0.25) is 0 Å². The zero-order chi connectivity index (χ0) is 29.7. The predicted octanol–water partition coefficient (Wildman–Crippen LogP) is 9.43. The van der Waals surface area contributed by atoms with Gasteiger partial charge in [0, 0.05) is 36.6 Å². The van der Waals surface area contributed by atoms with E-state index in [1.807, 2.05) is 0 Å². The van der Waals surface area contributed by atoms with E-state index < -0.39 is 0 Å². The second-order valence-corrected chi connectivity index (χ2v) is 13.5. The molecule has 4 heteroatoms. The van der Waals surface area contributed by atoms with Gasteiger partial charge in [-0.05, 0) is 78.0 Å². The van der Waals surface area contributed by atoms with Crippen LogP contribution in [0.4, 0.5) is 0 Å². The van der Waals surface area contributed by atoms with Crippen molar-refractivity contribution in [2.75, 3.05) is 0 Å². The molecule has 0 amide bonds. The zero-order valence-corrected chi connectivity index (χ0v) is 26.3. The van der Waals surface area contributed by atoms with Gasteiger partial charge in [-0.25, -0.2) is 0 Å². The summed E-state index contributed by atoms with van der Waals surface area (Å²) in [5.74, 6) is 2.90. The number of nitrogens with zero attached hydrogens (tertiary/aromatic N) is 3. The maximum atomic E-state index is 6.30. The number of rotatable bonds is 10. The lowest BCUT2D eigenvalue weighted by atomic mass is 9.59. The molecule has 0 radical (unpaired) electrons. The summed E-state index contributed by atoms with van der Waals surface area (Å²) in [5.41, 5.74) is 6.87. The van der Waals surface area contributed by atoms with Crippen LogP contribution in [0.2, 0.25) is 0 Å². The molecule has 3 heterocycles. The van der Waals surface area contributed by atoms with Crippen LogP contribution in [0.3, 0.4) is 0 Å². The van der Waals surface area contributed by atoms with E-state index in [0.717, 1.165) is 42.2 Å². The Balaban J connectivity index is 1.33. The minimum atomic E-state index is -0.185. The molecule has 2 aromatic heterocycles. The van der Waals surface area contributed by atoms with Crippen LogP contribution in [0.15, 0.2) is 83.9 Å². The van der Waals surface area contributed by atoms with E-state index in [1.165, 1.54) is 41.6 Å². The SMILES string of the molecule is C=CC1(CCC)c2ccc(-c3nnc(-c4ccc(C(C)(C)CC5CC5CC)cc4)o3)cc2-c2cccc[n+]2C1(C)CC. The second-order valence-electron chi connectivity index (χ2n) is 13.5. The first-order chi connectivity index (χ1) is 20.2. The molecule has 218 valence electrons. The fourth-order valence-electron chi connectivity index (χ4n) is 7.95. The first-order valence-electron chi connectivity index (χ1n) is 16.0. The first-order valence-corrected chi connectivity index (χ1v) is 16.0. The summed E-state index contributed by atoms with van der Waals surface area (Å²) in [6.07, 6.45) is 11.5. The van der Waals surface area contributed by atoms with Gasteiger partial charge in [0.2, 0.25) is 17.5 Å². The molecule has 0 spiro atoms. The van der Waals surface area contributed by atoms with E-state index in [0.29, 0.717) is 11.8 Å². The van der Waals surface area contributed by atoms with Gasteiger partial charge in [-0.2, -0.15) is 4.57 Å². The molecule has 0 N–H and O–H groups in total. The molecule has 0 bridgehead atoms. The molecule has 4 nitrogen and oxygen atoms in total. The molecular weight excluding hydrogens is 514 g/mol. The number of pyridine rings is 1. The summed E-state index contributed by atoms with van der Waals surface area (Å²) < 4.78 is 8.76. The van der Waals surface area contributed by atoms with Crippen LogP contribution in [-0.2, 0) is 16.4 Å². The Labute approximate surface area is 251 Å². The third-order valence-electron chi connectivity index (χ3n) is 10.8. The zero-order valence-electron chi connectivity index (χ0n) is 26.3. The molecule has 2 aromatic carbocycles. The summed E-state index contributed by atoms with van der Waals surface area (Å²) in [7, 11) is 0. The Morgan fingerprint density at radius 3 is 2.33 bits per heavy atom. The Bertz CT molecular complexity index is 1600. The summed E-state index contributed by atoms with van der Waals surface area (Å²) in [6.45, 7) is 18.4. The van der Waals surface area contributed by atoms with Crippen molar-refractivity contribution in [3.63, 3.8) is 0 Å². The molecule has 1 aliphatic heterocycles. The van der Waals surface area contributed by atoms with Crippen molar-refractivity contribution < 1.29 is 8.98 Å². The van der Waals surface area contributed by atoms with E-state index in [4.69, 9.17) is 4.42 Å². The highest BCUT2D eigenvalue weighted by molar-refractivity contribution is 5.73. The number of benzene rings is 2. The number of aromatic nitrogens is 3. The third kappa shape index (κ3) is 4.46. The lowest BCUT2D eigenvalue weighted by Crippen LogP contribution is -2.67. The third-order valence-corrected chi connectivity index (χ3v) is 10.8. The monoisotopic (exact) mass is 560 g/mol. The summed E-state index contributed by atoms with van der Waals surface area (Å²) in [4.78, 5) is 0. The van der Waals surface area contributed by atoms with Crippen molar-refractivity contribution >= 4 is 0 Å². The van der Waals surface area contributed by atoms with Gasteiger partial charge in [0.15, 0.2) is 11.7 Å². The predicted molar refractivity (Wildman–Crippen MR) is 171 cm³/mol. The van der Waals surface area contributed by atoms with Crippen molar-refractivity contribution in [1.29, 1.82) is 0 Å². The average Bonchev–Trinajstić information content (AvgIpc) is 3.56. The smallest absolute Gasteiger partial charge is 0.248 e. The number of allylic oxidation sites excluding steroid dienone is 1. The molecule has 42 heavy (non-hydrogen) atoms. The standard InChI is InChI=1S/C38H46N3O/c1-8-21-38(11-4)32-20-17-28(24-31(32)33-14-12-13-22-41(33)37(38,7)10-3)35-40-39-34(42-35)27-15-18-30(19-16-27)36(5,6)25-29-23-26(29)9-2/h11-20,22,24,26,29H,4,8-10,21,23,25H2,1-3,5-7H3/q+1. The molecule has 2 aliphatic rings. The lowest BCUT2D eigenvalue weighted by Gasteiger charge is -2.47. The van der Waals surface area contributed by atoms with Gasteiger partial charge >= 0.3 is 0 Å². The number of hydrogen-bond donors (Lipinski definition) is 0. The van der Waals surface area contributed by atoms with Crippen LogP contribution in [-0.4, -0.2) is 10.2 Å². The van der Waals surface area contributed by atoms with E-state index >= 15 is 0 Å². The maximum Gasteiger partial charge on any atom is 0.248 e. The van der Waals surface area contributed by atoms with Gasteiger partial charge in [0.1, 0.15) is 0 Å². The maximum absolute atomic E-state index is 6.30. The van der Waals surface area contributed by atoms with Crippen molar-refractivity contribution in [1.82, 2.24) is 10.2 Å². The fourth-order valence-corrected chi connectivity index (χ4v) is 7.95. The van der Waals surface area contributed by atoms with Crippen LogP contribution in [0.1, 0.15) is 91.2 Å². The van der Waals surface area contributed by atoms with E-state index in [9.17, 15) is 0 Å². The van der Waals surface area contributed by atoms with Crippen LogP contribution < -0.4 is 4.57 Å². The van der Waals surface area contributed by atoms with Crippen LogP contribution in [0, 0.1) is 11.8 Å². The largest absolute Gasteiger partial charge is 0.416 e. The second kappa shape index (κ2) is 10.6. The van der Waals surface area contributed by atoms with E-state index in [2.05, 4.69) is 136 Å². The topological polar surface area (TPSA) is 42.8 Å². The average molecular weight is 561 g/mol. The van der Waals surface area contributed by atoms with Crippen molar-refractivity contribution in [3.8, 4) is 34.2 Å². The molecule has 4 atom stereocenters. The van der Waals surface area contributed by atoms with E-state index in [1.54, 1.807) is 0 Å². The Morgan fingerprint density at radius 1 is 0.976 bits per heavy atom. The van der Waals surface area contributed by atoms with Crippen LogP contribution in [0.25, 0.3) is 34.2 Å². The van der Waals surface area contributed by atoms with Gasteiger partial charge in [0.05, 0.1) is 11.0 Å². The Hall–Kier alpha value is -3.53. The van der Waals surface area contributed by atoms with Gasteiger partial charge < -0.3 is 4.42 Å². The minimum absolute atomic E-state index is 0.120. The summed E-state index contributed by atoms with van der Waals surface area (Å²) in [6, 6.07) is 21.9. The molecule has 4 aromatic rings. The molecule has 1 fully saturated rings. The molecule has 1 saturated carbocycles. The highest BCUT2D eigenvalue weighted by Gasteiger charge is 2.57. The van der Waals surface area contributed by atoms with Crippen LogP contribution >= 0.6 is 0 Å². The van der Waals surface area contributed by atoms with Crippen molar-refractivity contribution in [2.45, 2.75) is 96.4 Å². The first kappa shape index (κ1) is 28.6. The summed E-state index contributed by atoms with van der Waals surface area (Å²) >= 11 is 0. The number of fused-ring (bicyclic) bond motifs is 3. The highest BCUT2D eigenvalue weighted by atomic mass is 16.4. The number of hydrogen-bond acceptors (Lipinski definition) is 3. The van der Waals surface area contributed by atoms with Gasteiger partial charge in [0.25, 0.3) is 0 Å². The molecule has 0 saturated heterocycles. The Morgan fingerprint density at radius 2 is 1.69 bits per heavy atom. The van der Waals surface area contributed by atoms with Crippen molar-refractivity contribution in [3.05, 3.63) is 90.6 Å². The quantitative estimate of drug-likeness (QED) is 0.143. The van der Waals surface area contributed by atoms with Gasteiger partial charge in [-0.15, -0.1) is 16.8 Å². The Kier molecular flexibility index (Phi) is 7.23. The molecule has 1 aliphatic carbocycles. The fraction of sp³-hybridized carbons (Fsp3) is 0.447. The van der Waals surface area contributed by atoms with E-state index in [-0.39, 0.29) is 16.4 Å². The van der Waals surface area contributed by atoms with Gasteiger partial charge in [-0.1, -0.05) is 71.7 Å². The van der Waals surface area contributed by atoms with Crippen molar-refractivity contribution in [2.24, 2.45) is 11.8 Å². The molecule has 6 rings (SSSR count). The lowest BCUT2D eigenvalue weighted by molar-refractivity contribution is -0.763.